The zero-order valence-electron chi connectivity index (χ0n) is 18.7. The predicted octanol–water partition coefficient (Wildman–Crippen LogP) is 0.950. The summed E-state index contributed by atoms with van der Waals surface area (Å²) in [6.45, 7) is 4.55. The van der Waals surface area contributed by atoms with Gasteiger partial charge in [-0.2, -0.15) is 0 Å². The van der Waals surface area contributed by atoms with Crippen LogP contribution in [0.1, 0.15) is 31.7 Å². The standard InChI is InChI=1S/C23H29N5O5/c1-15(2)19(27-23(32)33-14-16-7-4-3-5-8-16)21(30)26-17-13-18-24-10-12-28(18)11-6-9-25-22(31)20(17)29/h3-5,7-8,10,12,15,17,19H,6,9,11,13-14H2,1-2H3,(H,25,31)(H,26,30)(H,27,32). The second-order valence-electron chi connectivity index (χ2n) is 8.20. The topological polar surface area (TPSA) is 131 Å². The van der Waals surface area contributed by atoms with E-state index in [4.69, 9.17) is 4.74 Å². The number of carbonyl (C=O) groups is 4. The van der Waals surface area contributed by atoms with Crippen molar-refractivity contribution in [1.82, 2.24) is 25.5 Å². The Morgan fingerprint density at radius 2 is 2.00 bits per heavy atom. The number of imidazole rings is 1. The summed E-state index contributed by atoms with van der Waals surface area (Å²) in [6.07, 6.45) is 3.38. The van der Waals surface area contributed by atoms with Gasteiger partial charge in [0.2, 0.25) is 11.7 Å². The average molecular weight is 456 g/mol. The maximum atomic E-state index is 13.0. The van der Waals surface area contributed by atoms with Crippen molar-refractivity contribution in [2.24, 2.45) is 5.92 Å². The zero-order valence-corrected chi connectivity index (χ0v) is 18.7. The van der Waals surface area contributed by atoms with Crippen LogP contribution in [0.3, 0.4) is 0 Å². The summed E-state index contributed by atoms with van der Waals surface area (Å²) in [6, 6.07) is 7.09. The Morgan fingerprint density at radius 1 is 1.24 bits per heavy atom. The number of Topliss-reactive ketones (excluding diaryl/α,β-unsaturated/α-hetero) is 1. The average Bonchev–Trinajstić information content (AvgIpc) is 3.24. The predicted molar refractivity (Wildman–Crippen MR) is 119 cm³/mol. The molecule has 2 aromatic rings. The van der Waals surface area contributed by atoms with Crippen molar-refractivity contribution in [2.45, 2.75) is 51.9 Å². The number of hydrogen-bond donors (Lipinski definition) is 3. The number of ether oxygens (including phenoxy) is 1. The van der Waals surface area contributed by atoms with Gasteiger partial charge in [0.25, 0.3) is 5.91 Å². The molecule has 2 atom stereocenters. The Kier molecular flexibility index (Phi) is 8.17. The molecule has 0 fully saturated rings. The number of amides is 3. The van der Waals surface area contributed by atoms with Crippen LogP contribution in [0.15, 0.2) is 42.7 Å². The van der Waals surface area contributed by atoms with Crippen molar-refractivity contribution in [3.8, 4) is 0 Å². The molecule has 10 heteroatoms. The van der Waals surface area contributed by atoms with Gasteiger partial charge in [-0.15, -0.1) is 0 Å². The lowest BCUT2D eigenvalue weighted by molar-refractivity contribution is -0.140. The lowest BCUT2D eigenvalue weighted by Crippen LogP contribution is -2.56. The molecule has 0 radical (unpaired) electrons. The van der Waals surface area contributed by atoms with Crippen LogP contribution in [0, 0.1) is 5.92 Å². The van der Waals surface area contributed by atoms with Crippen LogP contribution in [0.5, 0.6) is 0 Å². The first-order chi connectivity index (χ1) is 15.8. The molecule has 0 saturated carbocycles. The summed E-state index contributed by atoms with van der Waals surface area (Å²) < 4.78 is 7.11. The van der Waals surface area contributed by atoms with E-state index >= 15 is 0 Å². The number of aryl methyl sites for hydroxylation is 1. The van der Waals surface area contributed by atoms with E-state index in [-0.39, 0.29) is 18.9 Å². The number of carbonyl (C=O) groups excluding carboxylic acids is 4. The molecule has 1 aliphatic heterocycles. The Hall–Kier alpha value is -3.69. The maximum Gasteiger partial charge on any atom is 0.408 e. The van der Waals surface area contributed by atoms with E-state index in [0.717, 1.165) is 5.56 Å². The van der Waals surface area contributed by atoms with Gasteiger partial charge < -0.3 is 25.3 Å². The van der Waals surface area contributed by atoms with E-state index < -0.39 is 35.8 Å². The summed E-state index contributed by atoms with van der Waals surface area (Å²) in [4.78, 5) is 54.6. The van der Waals surface area contributed by atoms with Gasteiger partial charge >= 0.3 is 6.09 Å². The Balaban J connectivity index is 1.67. The lowest BCUT2D eigenvalue weighted by Gasteiger charge is -2.25. The zero-order chi connectivity index (χ0) is 23.8. The molecule has 2 unspecified atom stereocenters. The molecule has 0 aliphatic carbocycles. The Bertz CT molecular complexity index is 988. The normalized spacial score (nSPS) is 17.5. The quantitative estimate of drug-likeness (QED) is 0.556. The molecule has 33 heavy (non-hydrogen) atoms. The van der Waals surface area contributed by atoms with Crippen molar-refractivity contribution in [2.75, 3.05) is 6.54 Å². The molecular formula is C23H29N5O5. The molecular weight excluding hydrogens is 426 g/mol. The molecule has 0 saturated heterocycles. The van der Waals surface area contributed by atoms with Crippen LogP contribution in [0.2, 0.25) is 0 Å². The smallest absolute Gasteiger partial charge is 0.408 e. The Morgan fingerprint density at radius 3 is 2.73 bits per heavy atom. The Labute approximate surface area is 192 Å². The van der Waals surface area contributed by atoms with E-state index in [0.29, 0.717) is 25.3 Å². The summed E-state index contributed by atoms with van der Waals surface area (Å²) in [5.41, 5.74) is 0.812. The fourth-order valence-corrected chi connectivity index (χ4v) is 3.51. The van der Waals surface area contributed by atoms with Crippen LogP contribution in [-0.2, 0) is 38.7 Å². The summed E-state index contributed by atoms with van der Waals surface area (Å²) in [5.74, 6) is -1.78. The van der Waals surface area contributed by atoms with Gasteiger partial charge in [0.1, 0.15) is 24.5 Å². The molecule has 2 heterocycles. The van der Waals surface area contributed by atoms with Gasteiger partial charge in [-0.1, -0.05) is 44.2 Å². The third kappa shape index (κ3) is 6.64. The highest BCUT2D eigenvalue weighted by molar-refractivity contribution is 6.38. The minimum Gasteiger partial charge on any atom is -0.445 e. The first-order valence-electron chi connectivity index (χ1n) is 10.9. The van der Waals surface area contributed by atoms with Gasteiger partial charge in [0, 0.05) is 31.9 Å². The molecule has 1 aromatic carbocycles. The van der Waals surface area contributed by atoms with E-state index in [2.05, 4.69) is 20.9 Å². The van der Waals surface area contributed by atoms with Crippen LogP contribution >= 0.6 is 0 Å². The van der Waals surface area contributed by atoms with E-state index in [1.165, 1.54) is 0 Å². The SMILES string of the molecule is CC(C)C(NC(=O)OCc1ccccc1)C(=O)NC1Cc2nccn2CCCNC(=O)C1=O. The molecule has 1 aliphatic rings. The number of aromatic nitrogens is 2. The van der Waals surface area contributed by atoms with Crippen molar-refractivity contribution >= 4 is 23.7 Å². The minimum atomic E-state index is -1.11. The largest absolute Gasteiger partial charge is 0.445 e. The lowest BCUT2D eigenvalue weighted by atomic mass is 10.0. The van der Waals surface area contributed by atoms with Gasteiger partial charge in [0.05, 0.1) is 0 Å². The summed E-state index contributed by atoms with van der Waals surface area (Å²) in [7, 11) is 0. The summed E-state index contributed by atoms with van der Waals surface area (Å²) >= 11 is 0. The minimum absolute atomic E-state index is 0.0586. The number of fused-ring (bicyclic) bond motifs is 1. The molecule has 176 valence electrons. The first-order valence-corrected chi connectivity index (χ1v) is 10.9. The van der Waals surface area contributed by atoms with Gasteiger partial charge in [-0.25, -0.2) is 9.78 Å². The van der Waals surface area contributed by atoms with Crippen molar-refractivity contribution in [3.63, 3.8) is 0 Å². The molecule has 10 nitrogen and oxygen atoms in total. The van der Waals surface area contributed by atoms with Crippen molar-refractivity contribution in [3.05, 3.63) is 54.1 Å². The van der Waals surface area contributed by atoms with E-state index in [9.17, 15) is 19.2 Å². The van der Waals surface area contributed by atoms with Gasteiger partial charge in [-0.3, -0.25) is 14.4 Å². The number of nitrogens with one attached hydrogen (secondary N) is 3. The first kappa shape index (κ1) is 24.0. The van der Waals surface area contributed by atoms with Crippen LogP contribution < -0.4 is 16.0 Å². The number of ketones is 1. The van der Waals surface area contributed by atoms with E-state index in [1.54, 1.807) is 26.2 Å². The monoisotopic (exact) mass is 455 g/mol. The van der Waals surface area contributed by atoms with Crippen LogP contribution in [0.4, 0.5) is 4.79 Å². The highest BCUT2D eigenvalue weighted by atomic mass is 16.5. The van der Waals surface area contributed by atoms with Crippen molar-refractivity contribution < 1.29 is 23.9 Å². The fourth-order valence-electron chi connectivity index (χ4n) is 3.51. The third-order valence-corrected chi connectivity index (χ3v) is 5.34. The fraction of sp³-hybridized carbons (Fsp3) is 0.435. The number of hydrogen-bond acceptors (Lipinski definition) is 6. The molecule has 3 N–H and O–H groups in total. The molecule has 1 aromatic heterocycles. The third-order valence-electron chi connectivity index (χ3n) is 5.34. The molecule has 3 amide bonds. The molecule has 0 spiro atoms. The number of rotatable bonds is 6. The van der Waals surface area contributed by atoms with Gasteiger partial charge in [-0.05, 0) is 17.9 Å². The summed E-state index contributed by atoms with van der Waals surface area (Å²) in [5, 5.41) is 7.78. The highest BCUT2D eigenvalue weighted by Gasteiger charge is 2.33. The van der Waals surface area contributed by atoms with Crippen LogP contribution in [-0.4, -0.2) is 51.9 Å². The number of nitrogens with zero attached hydrogens (tertiary/aromatic N) is 2. The second kappa shape index (κ2) is 11.3. The number of benzene rings is 1. The molecule has 0 bridgehead atoms. The number of alkyl carbamates (subject to hydrolysis) is 1. The highest BCUT2D eigenvalue weighted by Crippen LogP contribution is 2.09. The second-order valence-corrected chi connectivity index (χ2v) is 8.20. The van der Waals surface area contributed by atoms with Crippen molar-refractivity contribution in [1.29, 1.82) is 0 Å². The van der Waals surface area contributed by atoms with E-state index in [1.807, 2.05) is 34.9 Å². The van der Waals surface area contributed by atoms with Crippen LogP contribution in [0.25, 0.3) is 0 Å². The molecule has 3 rings (SSSR count). The van der Waals surface area contributed by atoms with Gasteiger partial charge in [0.15, 0.2) is 0 Å². The maximum absolute atomic E-state index is 13.0.